The summed E-state index contributed by atoms with van der Waals surface area (Å²) in [6, 6.07) is 0. The number of aliphatic hydroxyl groups is 5. The van der Waals surface area contributed by atoms with Crippen molar-refractivity contribution < 1.29 is 58.3 Å². The zero-order valence-corrected chi connectivity index (χ0v) is 46.6. The van der Waals surface area contributed by atoms with Gasteiger partial charge in [-0.2, -0.15) is 0 Å². The standard InChI is InChI=1S/C59H109O12P/c1-3-5-7-9-11-13-15-17-19-21-23-25-26-27-29-31-33-35-37-39-41-43-45-47-49-68-50-52(51-69-72(66,67)71-59-57(64)55(62)54(61)56(63)58(59)65)70-53(60)48-46-44-42-40-38-36-34-32-30-28-24-22-20-18-16-14-12-10-8-6-4-2/h6,8,12,14,18,20,24,28,52,54-59,61-65H,3-5,7,9-11,13,15-17,19,21-23,25-27,29-51H2,1-2H3,(H,66,67)/b8-6-,14-12-,20-18-,28-24-. The van der Waals surface area contributed by atoms with E-state index in [0.717, 1.165) is 77.0 Å². The summed E-state index contributed by atoms with van der Waals surface area (Å²) in [4.78, 5) is 23.3. The summed E-state index contributed by atoms with van der Waals surface area (Å²) in [6.07, 6.45) is 50.4. The highest BCUT2D eigenvalue weighted by molar-refractivity contribution is 7.47. The van der Waals surface area contributed by atoms with Crippen molar-refractivity contribution in [2.24, 2.45) is 0 Å². The molecule has 0 aromatic heterocycles. The number of carbonyl (C=O) groups excluding carboxylic acids is 1. The second-order valence-electron chi connectivity index (χ2n) is 20.5. The summed E-state index contributed by atoms with van der Waals surface area (Å²) in [7, 11) is -5.03. The van der Waals surface area contributed by atoms with E-state index in [9.17, 15) is 39.8 Å². The number of rotatable bonds is 51. The van der Waals surface area contributed by atoms with Gasteiger partial charge in [0.2, 0.25) is 0 Å². The molecule has 0 bridgehead atoms. The topological polar surface area (TPSA) is 192 Å². The lowest BCUT2D eigenvalue weighted by molar-refractivity contribution is -0.220. The Morgan fingerprint density at radius 3 is 1.25 bits per heavy atom. The van der Waals surface area contributed by atoms with E-state index in [4.69, 9.17) is 18.5 Å². The van der Waals surface area contributed by atoms with Crippen LogP contribution in [0, 0.1) is 0 Å². The first-order chi connectivity index (χ1) is 35.0. The van der Waals surface area contributed by atoms with Crippen LogP contribution in [0.1, 0.15) is 258 Å². The molecule has 6 N–H and O–H groups in total. The summed E-state index contributed by atoms with van der Waals surface area (Å²) in [6.45, 7) is 4.19. The molecule has 0 aliphatic heterocycles. The highest BCUT2D eigenvalue weighted by Crippen LogP contribution is 2.47. The van der Waals surface area contributed by atoms with Crippen molar-refractivity contribution in [1.82, 2.24) is 0 Å². The Labute approximate surface area is 439 Å². The Balaban J connectivity index is 2.27. The van der Waals surface area contributed by atoms with Crippen LogP contribution < -0.4 is 0 Å². The number of allylic oxidation sites excluding steroid dienone is 8. The zero-order chi connectivity index (χ0) is 52.6. The SMILES string of the molecule is CC/C=C\C/C=C\C/C=C\C/C=C\CCCCCCCCCCC(=O)OC(COCCCCCCCCCCCCCCCCCCCCCCCCCC)COP(=O)(O)OC1C(O)C(O)C(O)C(O)C1O. The summed E-state index contributed by atoms with van der Waals surface area (Å²) < 4.78 is 34.4. The Kier molecular flexibility index (Phi) is 46.4. The molecule has 422 valence electrons. The summed E-state index contributed by atoms with van der Waals surface area (Å²) in [5.41, 5.74) is 0. The van der Waals surface area contributed by atoms with Crippen LogP contribution in [-0.2, 0) is 27.9 Å². The van der Waals surface area contributed by atoms with Crippen molar-refractivity contribution >= 4 is 13.8 Å². The Bertz CT molecular complexity index is 1370. The van der Waals surface area contributed by atoms with Crippen molar-refractivity contribution in [1.29, 1.82) is 0 Å². The molecule has 0 heterocycles. The maximum atomic E-state index is 12.9. The van der Waals surface area contributed by atoms with Gasteiger partial charge in [0, 0.05) is 13.0 Å². The molecule has 13 heteroatoms. The van der Waals surface area contributed by atoms with Gasteiger partial charge in [0.15, 0.2) is 0 Å². The van der Waals surface area contributed by atoms with Crippen molar-refractivity contribution in [3.8, 4) is 0 Å². The summed E-state index contributed by atoms with van der Waals surface area (Å²) >= 11 is 0. The largest absolute Gasteiger partial charge is 0.472 e. The van der Waals surface area contributed by atoms with E-state index in [1.807, 2.05) is 0 Å². The monoisotopic (exact) mass is 1040 g/mol. The normalized spacial score (nSPS) is 20.9. The molecule has 1 saturated carbocycles. The maximum absolute atomic E-state index is 12.9. The molecule has 0 spiro atoms. The Hall–Kier alpha value is -1.70. The summed E-state index contributed by atoms with van der Waals surface area (Å²) in [5, 5.41) is 50.5. The predicted octanol–water partition coefficient (Wildman–Crippen LogP) is 14.3. The van der Waals surface area contributed by atoms with Gasteiger partial charge < -0.3 is 39.9 Å². The van der Waals surface area contributed by atoms with Crippen LogP contribution in [0.15, 0.2) is 48.6 Å². The van der Waals surface area contributed by atoms with Gasteiger partial charge in [-0.1, -0.05) is 249 Å². The molecule has 1 fully saturated rings. The molecule has 6 unspecified atom stereocenters. The van der Waals surface area contributed by atoms with Crippen LogP contribution in [0.4, 0.5) is 0 Å². The second-order valence-corrected chi connectivity index (χ2v) is 21.9. The van der Waals surface area contributed by atoms with E-state index < -0.39 is 63.1 Å². The number of hydrogen-bond acceptors (Lipinski definition) is 11. The van der Waals surface area contributed by atoms with Gasteiger partial charge >= 0.3 is 13.8 Å². The number of phosphoric acid groups is 1. The lowest BCUT2D eigenvalue weighted by atomic mass is 9.85. The van der Waals surface area contributed by atoms with Crippen LogP contribution in [0.5, 0.6) is 0 Å². The van der Waals surface area contributed by atoms with Crippen molar-refractivity contribution in [3.63, 3.8) is 0 Å². The second kappa shape index (κ2) is 48.9. The van der Waals surface area contributed by atoms with Crippen LogP contribution in [-0.4, -0.2) is 98.9 Å². The van der Waals surface area contributed by atoms with E-state index in [2.05, 4.69) is 62.5 Å². The maximum Gasteiger partial charge on any atom is 0.472 e. The van der Waals surface area contributed by atoms with E-state index in [-0.39, 0.29) is 13.0 Å². The molecule has 1 aliphatic rings. The molecule has 0 aromatic rings. The third kappa shape index (κ3) is 39.7. The highest BCUT2D eigenvalue weighted by atomic mass is 31.2. The minimum atomic E-state index is -5.03. The van der Waals surface area contributed by atoms with Gasteiger partial charge in [-0.3, -0.25) is 13.8 Å². The molecule has 0 radical (unpaired) electrons. The minimum Gasteiger partial charge on any atom is -0.457 e. The number of ether oxygens (including phenoxy) is 2. The third-order valence-electron chi connectivity index (χ3n) is 13.7. The van der Waals surface area contributed by atoms with E-state index in [0.29, 0.717) is 13.0 Å². The molecule has 0 aromatic carbocycles. The molecular weight excluding hydrogens is 932 g/mol. The smallest absolute Gasteiger partial charge is 0.457 e. The van der Waals surface area contributed by atoms with E-state index in [1.165, 1.54) is 154 Å². The van der Waals surface area contributed by atoms with Gasteiger partial charge in [0.1, 0.15) is 42.7 Å². The van der Waals surface area contributed by atoms with Crippen molar-refractivity contribution in [2.45, 2.75) is 301 Å². The Morgan fingerprint density at radius 1 is 0.458 bits per heavy atom. The van der Waals surface area contributed by atoms with Gasteiger partial charge in [0.25, 0.3) is 0 Å². The average Bonchev–Trinajstić information content (AvgIpc) is 3.37. The quantitative estimate of drug-likeness (QED) is 0.0146. The molecule has 1 rings (SSSR count). The number of phosphoric ester groups is 1. The number of esters is 1. The minimum absolute atomic E-state index is 0.0777. The molecule has 72 heavy (non-hydrogen) atoms. The molecule has 6 atom stereocenters. The fraction of sp³-hybridized carbons (Fsp3) is 0.847. The number of hydrogen-bond donors (Lipinski definition) is 6. The van der Waals surface area contributed by atoms with Gasteiger partial charge in [0.05, 0.1) is 13.2 Å². The van der Waals surface area contributed by atoms with Crippen molar-refractivity contribution in [2.75, 3.05) is 19.8 Å². The van der Waals surface area contributed by atoms with E-state index in [1.54, 1.807) is 0 Å². The van der Waals surface area contributed by atoms with Gasteiger partial charge in [-0.25, -0.2) is 4.57 Å². The molecule has 12 nitrogen and oxygen atoms in total. The van der Waals surface area contributed by atoms with E-state index >= 15 is 0 Å². The lowest BCUT2D eigenvalue weighted by Crippen LogP contribution is -2.64. The van der Waals surface area contributed by atoms with Gasteiger partial charge in [-0.15, -0.1) is 0 Å². The first-order valence-electron chi connectivity index (χ1n) is 29.5. The molecule has 1 aliphatic carbocycles. The Morgan fingerprint density at radius 2 is 0.819 bits per heavy atom. The summed E-state index contributed by atoms with van der Waals surface area (Å²) in [5.74, 6) is -0.482. The first kappa shape index (κ1) is 68.3. The highest BCUT2D eigenvalue weighted by Gasteiger charge is 2.51. The van der Waals surface area contributed by atoms with Crippen LogP contribution in [0.25, 0.3) is 0 Å². The lowest BCUT2D eigenvalue weighted by Gasteiger charge is -2.41. The average molecular weight is 1040 g/mol. The molecule has 0 amide bonds. The van der Waals surface area contributed by atoms with Crippen LogP contribution in [0.2, 0.25) is 0 Å². The third-order valence-corrected chi connectivity index (χ3v) is 14.7. The van der Waals surface area contributed by atoms with Crippen LogP contribution in [0.3, 0.4) is 0 Å². The van der Waals surface area contributed by atoms with Crippen molar-refractivity contribution in [3.05, 3.63) is 48.6 Å². The van der Waals surface area contributed by atoms with Crippen LogP contribution >= 0.6 is 7.82 Å². The zero-order valence-electron chi connectivity index (χ0n) is 45.7. The molecule has 0 saturated heterocycles. The fourth-order valence-electron chi connectivity index (χ4n) is 9.11. The molecular formula is C59H109O12P. The number of aliphatic hydroxyl groups excluding tert-OH is 5. The van der Waals surface area contributed by atoms with Gasteiger partial charge in [-0.05, 0) is 51.4 Å². The predicted molar refractivity (Wildman–Crippen MR) is 295 cm³/mol. The fourth-order valence-corrected chi connectivity index (χ4v) is 10.1. The first-order valence-corrected chi connectivity index (χ1v) is 31.0. The number of unbranched alkanes of at least 4 members (excludes halogenated alkanes) is 31. The number of carbonyl (C=O) groups is 1.